The van der Waals surface area contributed by atoms with E-state index in [4.69, 9.17) is 16.3 Å². The summed E-state index contributed by atoms with van der Waals surface area (Å²) in [6, 6.07) is 19.4. The zero-order valence-corrected chi connectivity index (χ0v) is 16.8. The van der Waals surface area contributed by atoms with Crippen LogP contribution in [0.15, 0.2) is 79.1 Å². The van der Waals surface area contributed by atoms with Crippen molar-refractivity contribution in [2.24, 2.45) is 0 Å². The lowest BCUT2D eigenvalue weighted by Gasteiger charge is -2.10. The third-order valence-electron chi connectivity index (χ3n) is 4.20. The summed E-state index contributed by atoms with van der Waals surface area (Å²) < 4.78 is 7.56. The van der Waals surface area contributed by atoms with Crippen LogP contribution in [0, 0.1) is 6.92 Å². The quantitative estimate of drug-likeness (QED) is 0.437. The minimum atomic E-state index is -0.388. The second kappa shape index (κ2) is 8.67. The normalized spacial score (nSPS) is 10.5. The molecular weight excluding hydrogens is 402 g/mol. The Labute approximate surface area is 178 Å². The molecule has 7 nitrogen and oxygen atoms in total. The first-order valence-corrected chi connectivity index (χ1v) is 9.54. The topological polar surface area (TPSA) is 81.1 Å². The van der Waals surface area contributed by atoms with Gasteiger partial charge in [-0.25, -0.2) is 4.79 Å². The number of nitrogens with one attached hydrogen (secondary N) is 2. The molecule has 0 unspecified atom stereocenters. The van der Waals surface area contributed by atoms with Gasteiger partial charge in [-0.1, -0.05) is 17.7 Å². The molecule has 0 saturated heterocycles. The molecular formula is C22H18ClN5O2. The van der Waals surface area contributed by atoms with E-state index in [1.54, 1.807) is 42.5 Å². The summed E-state index contributed by atoms with van der Waals surface area (Å²) in [7, 11) is 0. The monoisotopic (exact) mass is 419 g/mol. The number of amides is 2. The highest BCUT2D eigenvalue weighted by atomic mass is 35.5. The SMILES string of the molecule is Cc1ccc(NC(=O)Nc2ccc(Oc3ccc(-n4cccc4)nn3)cc2)c(Cl)c1. The second-order valence-corrected chi connectivity index (χ2v) is 6.92. The number of ether oxygens (including phenoxy) is 1. The predicted octanol–water partition coefficient (Wildman–Crippen LogP) is 5.67. The van der Waals surface area contributed by atoms with Crippen molar-refractivity contribution in [3.63, 3.8) is 0 Å². The molecule has 0 bridgehead atoms. The first-order chi connectivity index (χ1) is 14.6. The fourth-order valence-electron chi connectivity index (χ4n) is 2.73. The summed E-state index contributed by atoms with van der Waals surface area (Å²) in [6.07, 6.45) is 3.78. The van der Waals surface area contributed by atoms with Crippen molar-refractivity contribution in [2.45, 2.75) is 6.92 Å². The highest BCUT2D eigenvalue weighted by Gasteiger charge is 2.07. The lowest BCUT2D eigenvalue weighted by atomic mass is 10.2. The molecule has 0 radical (unpaired) electrons. The number of hydrogen-bond acceptors (Lipinski definition) is 4. The molecule has 2 aromatic carbocycles. The summed E-state index contributed by atoms with van der Waals surface area (Å²) in [6.45, 7) is 1.93. The number of halogens is 1. The minimum absolute atomic E-state index is 0.373. The average molecular weight is 420 g/mol. The average Bonchev–Trinajstić information content (AvgIpc) is 3.27. The summed E-state index contributed by atoms with van der Waals surface area (Å²) in [5.41, 5.74) is 2.17. The summed E-state index contributed by atoms with van der Waals surface area (Å²) >= 11 is 6.14. The highest BCUT2D eigenvalue weighted by Crippen LogP contribution is 2.24. The molecule has 150 valence electrons. The Hall–Kier alpha value is -3.84. The molecule has 2 amide bonds. The van der Waals surface area contributed by atoms with Crippen molar-refractivity contribution in [1.82, 2.24) is 14.8 Å². The molecule has 0 aliphatic heterocycles. The van der Waals surface area contributed by atoms with Gasteiger partial charge >= 0.3 is 6.03 Å². The molecule has 4 aromatic rings. The van der Waals surface area contributed by atoms with Gasteiger partial charge in [-0.15, -0.1) is 10.2 Å². The minimum Gasteiger partial charge on any atom is -0.438 e. The lowest BCUT2D eigenvalue weighted by molar-refractivity contribution is 0.262. The van der Waals surface area contributed by atoms with Gasteiger partial charge in [0.2, 0.25) is 5.88 Å². The Morgan fingerprint density at radius 1 is 0.967 bits per heavy atom. The zero-order chi connectivity index (χ0) is 20.9. The molecule has 4 rings (SSSR count). The van der Waals surface area contributed by atoms with E-state index in [-0.39, 0.29) is 6.03 Å². The van der Waals surface area contributed by atoms with Crippen molar-refractivity contribution < 1.29 is 9.53 Å². The molecule has 30 heavy (non-hydrogen) atoms. The maximum absolute atomic E-state index is 12.2. The number of anilines is 2. The Bertz CT molecular complexity index is 1140. The number of aryl methyl sites for hydroxylation is 1. The third kappa shape index (κ3) is 4.76. The standard InChI is InChI=1S/C22H18ClN5O2/c1-15-4-9-19(18(23)14-15)25-22(29)24-16-5-7-17(8-6-16)30-21-11-10-20(26-27-21)28-12-2-3-13-28/h2-14H,1H3,(H2,24,25,29). The number of aromatic nitrogens is 3. The van der Waals surface area contributed by atoms with E-state index in [0.717, 1.165) is 5.56 Å². The van der Waals surface area contributed by atoms with E-state index < -0.39 is 0 Å². The summed E-state index contributed by atoms with van der Waals surface area (Å²) in [5.74, 6) is 1.65. The van der Waals surface area contributed by atoms with Gasteiger partial charge in [-0.3, -0.25) is 0 Å². The van der Waals surface area contributed by atoms with Gasteiger partial charge < -0.3 is 19.9 Å². The first kappa shape index (κ1) is 19.5. The Morgan fingerprint density at radius 2 is 1.73 bits per heavy atom. The smallest absolute Gasteiger partial charge is 0.323 e. The summed E-state index contributed by atoms with van der Waals surface area (Å²) in [5, 5.41) is 14.2. The number of hydrogen-bond donors (Lipinski definition) is 2. The molecule has 0 saturated carbocycles. The van der Waals surface area contributed by atoms with E-state index >= 15 is 0 Å². The first-order valence-electron chi connectivity index (χ1n) is 9.16. The molecule has 2 heterocycles. The number of nitrogens with zero attached hydrogens (tertiary/aromatic N) is 3. The van der Waals surface area contributed by atoms with Crippen molar-refractivity contribution in [1.29, 1.82) is 0 Å². The Balaban J connectivity index is 1.35. The van der Waals surface area contributed by atoms with Crippen LogP contribution in [-0.4, -0.2) is 20.8 Å². The van der Waals surface area contributed by atoms with Crippen LogP contribution in [0.1, 0.15) is 5.56 Å². The van der Waals surface area contributed by atoms with E-state index in [9.17, 15) is 4.79 Å². The van der Waals surface area contributed by atoms with E-state index in [1.807, 2.05) is 48.1 Å². The molecule has 2 aromatic heterocycles. The van der Waals surface area contributed by atoms with Crippen LogP contribution in [0.3, 0.4) is 0 Å². The van der Waals surface area contributed by atoms with Gasteiger partial charge in [0.05, 0.1) is 10.7 Å². The van der Waals surface area contributed by atoms with Gasteiger partial charge in [-0.05, 0) is 67.1 Å². The largest absolute Gasteiger partial charge is 0.438 e. The predicted molar refractivity (Wildman–Crippen MR) is 117 cm³/mol. The molecule has 0 atom stereocenters. The van der Waals surface area contributed by atoms with Crippen LogP contribution < -0.4 is 15.4 Å². The highest BCUT2D eigenvalue weighted by molar-refractivity contribution is 6.33. The van der Waals surface area contributed by atoms with Gasteiger partial charge in [-0.2, -0.15) is 0 Å². The fraction of sp³-hybridized carbons (Fsp3) is 0.0455. The van der Waals surface area contributed by atoms with Crippen LogP contribution in [0.25, 0.3) is 5.82 Å². The van der Waals surface area contributed by atoms with Gasteiger partial charge in [0, 0.05) is 24.1 Å². The zero-order valence-electron chi connectivity index (χ0n) is 16.0. The maximum Gasteiger partial charge on any atom is 0.323 e. The third-order valence-corrected chi connectivity index (χ3v) is 4.52. The molecule has 2 N–H and O–H groups in total. The number of benzene rings is 2. The van der Waals surface area contributed by atoms with Crippen molar-refractivity contribution in [3.8, 4) is 17.4 Å². The molecule has 8 heteroatoms. The molecule has 0 aliphatic rings. The fourth-order valence-corrected chi connectivity index (χ4v) is 3.01. The van der Waals surface area contributed by atoms with Gasteiger partial charge in [0.15, 0.2) is 5.82 Å². The number of carbonyl (C=O) groups is 1. The van der Waals surface area contributed by atoms with E-state index in [0.29, 0.717) is 33.8 Å². The van der Waals surface area contributed by atoms with E-state index in [2.05, 4.69) is 20.8 Å². The Kier molecular flexibility index (Phi) is 5.63. The lowest BCUT2D eigenvalue weighted by Crippen LogP contribution is -2.19. The molecule has 0 aliphatic carbocycles. The molecule has 0 fully saturated rings. The maximum atomic E-state index is 12.2. The van der Waals surface area contributed by atoms with Crippen LogP contribution in [0.2, 0.25) is 5.02 Å². The van der Waals surface area contributed by atoms with Crippen molar-refractivity contribution in [2.75, 3.05) is 10.6 Å². The Morgan fingerprint density at radius 3 is 2.40 bits per heavy atom. The van der Waals surface area contributed by atoms with Gasteiger partial charge in [0.25, 0.3) is 0 Å². The second-order valence-electron chi connectivity index (χ2n) is 6.51. The van der Waals surface area contributed by atoms with Crippen molar-refractivity contribution in [3.05, 3.63) is 89.7 Å². The summed E-state index contributed by atoms with van der Waals surface area (Å²) in [4.78, 5) is 12.2. The number of carbonyl (C=O) groups excluding carboxylic acids is 1. The molecule has 0 spiro atoms. The number of rotatable bonds is 5. The van der Waals surface area contributed by atoms with Crippen LogP contribution in [-0.2, 0) is 0 Å². The van der Waals surface area contributed by atoms with Gasteiger partial charge in [0.1, 0.15) is 5.75 Å². The van der Waals surface area contributed by atoms with Crippen molar-refractivity contribution >= 4 is 29.0 Å². The van der Waals surface area contributed by atoms with Crippen LogP contribution in [0.5, 0.6) is 11.6 Å². The number of urea groups is 1. The van der Waals surface area contributed by atoms with E-state index in [1.165, 1.54) is 0 Å². The van der Waals surface area contributed by atoms with Crippen LogP contribution >= 0.6 is 11.6 Å². The van der Waals surface area contributed by atoms with Crippen LogP contribution in [0.4, 0.5) is 16.2 Å².